The summed E-state index contributed by atoms with van der Waals surface area (Å²) in [5.41, 5.74) is 0.484. The molecule has 6 nitrogen and oxygen atoms in total. The topological polar surface area (TPSA) is 95.5 Å². The Balaban J connectivity index is 2.45. The van der Waals surface area contributed by atoms with Gasteiger partial charge in [0, 0.05) is 6.42 Å². The van der Waals surface area contributed by atoms with Crippen LogP contribution in [0.15, 0.2) is 30.3 Å². The molecule has 0 aliphatic rings. The van der Waals surface area contributed by atoms with Gasteiger partial charge in [0.2, 0.25) is 11.8 Å². The van der Waals surface area contributed by atoms with E-state index in [9.17, 15) is 19.5 Å². The highest BCUT2D eigenvalue weighted by atomic mass is 16.4. The van der Waals surface area contributed by atoms with E-state index in [4.69, 9.17) is 0 Å². The molecule has 0 heterocycles. The van der Waals surface area contributed by atoms with E-state index in [0.29, 0.717) is 12.0 Å². The van der Waals surface area contributed by atoms with Gasteiger partial charge < -0.3 is 15.7 Å². The average molecular weight is 306 g/mol. The highest BCUT2D eigenvalue weighted by molar-refractivity contribution is 5.88. The maximum absolute atomic E-state index is 11.8. The molecule has 0 saturated carbocycles. The number of nitrogens with one attached hydrogen (secondary N) is 2. The van der Waals surface area contributed by atoms with Crippen molar-refractivity contribution < 1.29 is 19.5 Å². The van der Waals surface area contributed by atoms with Crippen molar-refractivity contribution in [2.75, 3.05) is 6.54 Å². The van der Waals surface area contributed by atoms with Gasteiger partial charge in [-0.05, 0) is 12.0 Å². The van der Waals surface area contributed by atoms with E-state index < -0.39 is 17.9 Å². The van der Waals surface area contributed by atoms with Gasteiger partial charge in [0.05, 0.1) is 6.54 Å². The van der Waals surface area contributed by atoms with Crippen LogP contribution in [0, 0.1) is 0 Å². The molecule has 22 heavy (non-hydrogen) atoms. The Labute approximate surface area is 129 Å². The van der Waals surface area contributed by atoms with E-state index >= 15 is 0 Å². The first-order valence-electron chi connectivity index (χ1n) is 7.38. The van der Waals surface area contributed by atoms with Crippen LogP contribution < -0.4 is 10.6 Å². The Morgan fingerprint density at radius 2 is 1.77 bits per heavy atom. The van der Waals surface area contributed by atoms with Crippen LogP contribution in [0.4, 0.5) is 0 Å². The van der Waals surface area contributed by atoms with Crippen molar-refractivity contribution in [2.45, 2.75) is 38.6 Å². The number of benzene rings is 1. The fraction of sp³-hybridized carbons (Fsp3) is 0.438. The third-order valence-corrected chi connectivity index (χ3v) is 3.14. The Hall–Kier alpha value is -2.37. The molecule has 1 atom stereocenters. The second-order valence-corrected chi connectivity index (χ2v) is 4.98. The van der Waals surface area contributed by atoms with Gasteiger partial charge >= 0.3 is 5.97 Å². The number of hydrogen-bond donors (Lipinski definition) is 3. The van der Waals surface area contributed by atoms with E-state index in [-0.39, 0.29) is 12.5 Å². The van der Waals surface area contributed by atoms with Gasteiger partial charge in [-0.3, -0.25) is 9.59 Å². The summed E-state index contributed by atoms with van der Waals surface area (Å²) in [6.45, 7) is 1.82. The molecular weight excluding hydrogens is 284 g/mol. The summed E-state index contributed by atoms with van der Waals surface area (Å²) in [5, 5.41) is 14.1. The smallest absolute Gasteiger partial charge is 0.330 e. The normalized spacial score (nSPS) is 11.5. The summed E-state index contributed by atoms with van der Waals surface area (Å²) in [5.74, 6) is -1.87. The van der Waals surface area contributed by atoms with Gasteiger partial charge in [-0.15, -0.1) is 0 Å². The lowest BCUT2D eigenvalue weighted by Gasteiger charge is -2.15. The number of aliphatic carboxylic acids is 1. The molecule has 1 unspecified atom stereocenters. The van der Waals surface area contributed by atoms with Crippen molar-refractivity contribution >= 4 is 17.8 Å². The van der Waals surface area contributed by atoms with Crippen molar-refractivity contribution in [3.8, 4) is 0 Å². The van der Waals surface area contributed by atoms with Crippen LogP contribution in [0.25, 0.3) is 0 Å². The summed E-state index contributed by atoms with van der Waals surface area (Å²) >= 11 is 0. The minimum absolute atomic E-state index is 0.199. The second kappa shape index (κ2) is 9.55. The zero-order chi connectivity index (χ0) is 16.4. The molecule has 0 bridgehead atoms. The predicted molar refractivity (Wildman–Crippen MR) is 82.1 cm³/mol. The molecule has 1 rings (SSSR count). The molecule has 120 valence electrons. The average Bonchev–Trinajstić information content (AvgIpc) is 2.51. The number of carbonyl (C=O) groups excluding carboxylic acids is 2. The first kappa shape index (κ1) is 17.7. The third-order valence-electron chi connectivity index (χ3n) is 3.14. The van der Waals surface area contributed by atoms with Crippen LogP contribution in [0.2, 0.25) is 0 Å². The Bertz CT molecular complexity index is 502. The number of amides is 2. The number of carboxylic acid groups (broad SMARTS) is 1. The molecule has 6 heteroatoms. The van der Waals surface area contributed by atoms with Crippen molar-refractivity contribution in [3.05, 3.63) is 35.9 Å². The molecule has 2 amide bonds. The van der Waals surface area contributed by atoms with Gasteiger partial charge in [-0.2, -0.15) is 0 Å². The van der Waals surface area contributed by atoms with Crippen LogP contribution in [0.5, 0.6) is 0 Å². The standard InChI is InChI=1S/C16H22N2O4/c1-2-3-5-10-13(19)17-11-14(20)18-15(16(21)22)12-8-6-4-7-9-12/h4,6-9,15H,2-3,5,10-11H2,1H3,(H,17,19)(H,18,20)(H,21,22). The lowest BCUT2D eigenvalue weighted by Crippen LogP contribution is -2.40. The van der Waals surface area contributed by atoms with Gasteiger partial charge in [0.25, 0.3) is 0 Å². The molecule has 0 aliphatic carbocycles. The number of hydrogen-bond acceptors (Lipinski definition) is 3. The highest BCUT2D eigenvalue weighted by Gasteiger charge is 2.21. The Morgan fingerprint density at radius 1 is 1.09 bits per heavy atom. The van der Waals surface area contributed by atoms with Crippen molar-refractivity contribution in [1.82, 2.24) is 10.6 Å². The number of carboxylic acids is 1. The van der Waals surface area contributed by atoms with Gasteiger partial charge in [-0.1, -0.05) is 50.1 Å². The summed E-state index contributed by atoms with van der Waals surface area (Å²) in [6, 6.07) is 7.30. The molecule has 1 aromatic carbocycles. The quantitative estimate of drug-likeness (QED) is 0.604. The summed E-state index contributed by atoms with van der Waals surface area (Å²) in [6.07, 6.45) is 3.15. The summed E-state index contributed by atoms with van der Waals surface area (Å²) in [7, 11) is 0. The molecule has 0 aromatic heterocycles. The summed E-state index contributed by atoms with van der Waals surface area (Å²) < 4.78 is 0. The molecule has 0 spiro atoms. The number of rotatable bonds is 9. The van der Waals surface area contributed by atoms with E-state index in [1.165, 1.54) is 0 Å². The van der Waals surface area contributed by atoms with Crippen LogP contribution in [-0.2, 0) is 14.4 Å². The van der Waals surface area contributed by atoms with Crippen LogP contribution in [-0.4, -0.2) is 29.4 Å². The Morgan fingerprint density at radius 3 is 2.36 bits per heavy atom. The zero-order valence-corrected chi connectivity index (χ0v) is 12.7. The predicted octanol–water partition coefficient (Wildman–Crippen LogP) is 1.62. The first-order chi connectivity index (χ1) is 10.5. The van der Waals surface area contributed by atoms with Crippen LogP contribution in [0.3, 0.4) is 0 Å². The first-order valence-corrected chi connectivity index (χ1v) is 7.38. The largest absolute Gasteiger partial charge is 0.479 e. The van der Waals surface area contributed by atoms with Crippen molar-refractivity contribution in [3.63, 3.8) is 0 Å². The lowest BCUT2D eigenvalue weighted by atomic mass is 10.1. The van der Waals surface area contributed by atoms with E-state index in [0.717, 1.165) is 19.3 Å². The second-order valence-electron chi connectivity index (χ2n) is 4.98. The van der Waals surface area contributed by atoms with E-state index in [1.54, 1.807) is 30.3 Å². The molecule has 0 radical (unpaired) electrons. The maximum atomic E-state index is 11.8. The third kappa shape index (κ3) is 6.39. The highest BCUT2D eigenvalue weighted by Crippen LogP contribution is 2.12. The molecule has 1 aromatic rings. The van der Waals surface area contributed by atoms with Gasteiger partial charge in [-0.25, -0.2) is 4.79 Å². The Kier molecular flexibility index (Phi) is 7.67. The minimum Gasteiger partial charge on any atom is -0.479 e. The van der Waals surface area contributed by atoms with Crippen molar-refractivity contribution in [2.24, 2.45) is 0 Å². The molecule has 0 aliphatic heterocycles. The lowest BCUT2D eigenvalue weighted by molar-refractivity contribution is -0.141. The molecular formula is C16H22N2O4. The zero-order valence-electron chi connectivity index (χ0n) is 12.7. The molecule has 0 fully saturated rings. The van der Waals surface area contributed by atoms with Crippen molar-refractivity contribution in [1.29, 1.82) is 0 Å². The number of carbonyl (C=O) groups is 3. The van der Waals surface area contributed by atoms with E-state index in [1.807, 2.05) is 6.92 Å². The van der Waals surface area contributed by atoms with Crippen LogP contribution >= 0.6 is 0 Å². The van der Waals surface area contributed by atoms with E-state index in [2.05, 4.69) is 10.6 Å². The SMILES string of the molecule is CCCCCC(=O)NCC(=O)NC(C(=O)O)c1ccccc1. The van der Waals surface area contributed by atoms with Gasteiger partial charge in [0.15, 0.2) is 6.04 Å². The minimum atomic E-state index is -1.14. The molecule has 3 N–H and O–H groups in total. The fourth-order valence-electron chi connectivity index (χ4n) is 1.95. The summed E-state index contributed by atoms with van der Waals surface area (Å²) in [4.78, 5) is 34.5. The molecule has 0 saturated heterocycles. The van der Waals surface area contributed by atoms with Crippen LogP contribution in [0.1, 0.15) is 44.2 Å². The monoisotopic (exact) mass is 306 g/mol. The van der Waals surface area contributed by atoms with Gasteiger partial charge in [0.1, 0.15) is 0 Å². The maximum Gasteiger partial charge on any atom is 0.330 e. The fourth-order valence-corrected chi connectivity index (χ4v) is 1.95. The number of unbranched alkanes of at least 4 members (excludes halogenated alkanes) is 2.